The minimum Gasteiger partial charge on any atom is -0.508 e. The summed E-state index contributed by atoms with van der Waals surface area (Å²) in [6, 6.07) is 11.0. The number of rotatable bonds is 4. The van der Waals surface area contributed by atoms with Crippen molar-refractivity contribution < 1.29 is 20.1 Å². The number of phenols is 3. The van der Waals surface area contributed by atoms with Gasteiger partial charge in [0.2, 0.25) is 0 Å². The minimum absolute atomic E-state index is 0.00168. The largest absolute Gasteiger partial charge is 0.508 e. The van der Waals surface area contributed by atoms with E-state index in [4.69, 9.17) is 9.84 Å². The predicted octanol–water partition coefficient (Wildman–Crippen LogP) is 2.99. The monoisotopic (exact) mass is 258 g/mol. The molecule has 4 heteroatoms. The van der Waals surface area contributed by atoms with Crippen molar-refractivity contribution in [3.63, 3.8) is 0 Å². The number of phenolic OH excluding ortho intramolecular Hbond substituents is 3. The normalized spacial score (nSPS) is 10.7. The van der Waals surface area contributed by atoms with Crippen molar-refractivity contribution in [1.29, 1.82) is 0 Å². The van der Waals surface area contributed by atoms with E-state index in [2.05, 4.69) is 0 Å². The second kappa shape index (κ2) is 5.82. The lowest BCUT2D eigenvalue weighted by molar-refractivity contribution is 0.239. The van der Waals surface area contributed by atoms with E-state index in [9.17, 15) is 10.2 Å². The Morgan fingerprint density at radius 2 is 1.47 bits per heavy atom. The maximum absolute atomic E-state index is 9.30. The topological polar surface area (TPSA) is 69.9 Å². The molecule has 0 aromatic heterocycles. The molecule has 2 aromatic rings. The Balaban J connectivity index is 1.91. The third kappa shape index (κ3) is 3.96. The van der Waals surface area contributed by atoms with Gasteiger partial charge in [-0.2, -0.15) is 0 Å². The molecule has 2 rings (SSSR count). The molecule has 0 unspecified atom stereocenters. The SMILES string of the molecule is Oc1ccc(CO/C=C/c2cc(O)cc(O)c2)cc1. The van der Waals surface area contributed by atoms with Crippen molar-refractivity contribution in [1.82, 2.24) is 0 Å². The highest BCUT2D eigenvalue weighted by atomic mass is 16.5. The third-order valence-electron chi connectivity index (χ3n) is 2.47. The lowest BCUT2D eigenvalue weighted by Gasteiger charge is -2.02. The summed E-state index contributed by atoms with van der Waals surface area (Å²) in [5.74, 6) is 0.214. The van der Waals surface area contributed by atoms with E-state index < -0.39 is 0 Å². The second-order valence-corrected chi connectivity index (χ2v) is 4.06. The molecule has 0 saturated carbocycles. The number of hydrogen-bond acceptors (Lipinski definition) is 4. The summed E-state index contributed by atoms with van der Waals surface area (Å²) in [7, 11) is 0. The van der Waals surface area contributed by atoms with E-state index in [0.717, 1.165) is 5.56 Å². The fourth-order valence-electron chi connectivity index (χ4n) is 1.58. The van der Waals surface area contributed by atoms with Gasteiger partial charge in [0.15, 0.2) is 0 Å². The maximum atomic E-state index is 9.30. The highest BCUT2D eigenvalue weighted by molar-refractivity contribution is 5.53. The molecule has 19 heavy (non-hydrogen) atoms. The Morgan fingerprint density at radius 3 is 2.11 bits per heavy atom. The molecule has 0 aliphatic carbocycles. The molecule has 0 aliphatic heterocycles. The molecular formula is C15H14O4. The highest BCUT2D eigenvalue weighted by Crippen LogP contribution is 2.21. The number of ether oxygens (including phenoxy) is 1. The van der Waals surface area contributed by atoms with Gasteiger partial charge < -0.3 is 20.1 Å². The molecule has 0 heterocycles. The molecule has 4 nitrogen and oxygen atoms in total. The molecule has 0 fully saturated rings. The van der Waals surface area contributed by atoms with Gasteiger partial charge in [0.25, 0.3) is 0 Å². The van der Waals surface area contributed by atoms with Gasteiger partial charge in [-0.3, -0.25) is 0 Å². The van der Waals surface area contributed by atoms with Gasteiger partial charge in [0.1, 0.15) is 23.9 Å². The standard InChI is InChI=1S/C15H14O4/c16-13-3-1-11(2-4-13)10-19-6-5-12-7-14(17)9-15(18)8-12/h1-9,16-18H,10H2/b6-5+. The Bertz CT molecular complexity index is 553. The molecular weight excluding hydrogens is 244 g/mol. The van der Waals surface area contributed by atoms with Crippen LogP contribution in [0, 0.1) is 0 Å². The van der Waals surface area contributed by atoms with E-state index in [1.165, 1.54) is 24.5 Å². The average Bonchev–Trinajstić information content (AvgIpc) is 2.36. The first-order valence-corrected chi connectivity index (χ1v) is 5.72. The van der Waals surface area contributed by atoms with Gasteiger partial charge in [-0.05, 0) is 41.5 Å². The number of benzene rings is 2. The zero-order valence-corrected chi connectivity index (χ0v) is 10.2. The van der Waals surface area contributed by atoms with Gasteiger partial charge in [-0.15, -0.1) is 0 Å². The van der Waals surface area contributed by atoms with Crippen LogP contribution in [0.3, 0.4) is 0 Å². The van der Waals surface area contributed by atoms with Gasteiger partial charge in [-0.25, -0.2) is 0 Å². The van der Waals surface area contributed by atoms with Crippen LogP contribution in [-0.4, -0.2) is 15.3 Å². The van der Waals surface area contributed by atoms with Crippen molar-refractivity contribution in [2.45, 2.75) is 6.61 Å². The minimum atomic E-state index is -0.00168. The molecule has 0 bridgehead atoms. The first kappa shape index (κ1) is 12.8. The Hall–Kier alpha value is -2.62. The zero-order valence-electron chi connectivity index (χ0n) is 10.2. The summed E-state index contributed by atoms with van der Waals surface area (Å²) in [5.41, 5.74) is 1.57. The van der Waals surface area contributed by atoms with Gasteiger partial charge in [0.05, 0.1) is 6.26 Å². The highest BCUT2D eigenvalue weighted by Gasteiger charge is 1.96. The molecule has 98 valence electrons. The van der Waals surface area contributed by atoms with E-state index in [1.807, 2.05) is 0 Å². The van der Waals surface area contributed by atoms with Gasteiger partial charge >= 0.3 is 0 Å². The molecule has 0 spiro atoms. The van der Waals surface area contributed by atoms with E-state index in [0.29, 0.717) is 12.2 Å². The average molecular weight is 258 g/mol. The maximum Gasteiger partial charge on any atom is 0.119 e. The first-order valence-electron chi connectivity index (χ1n) is 5.72. The second-order valence-electron chi connectivity index (χ2n) is 4.06. The van der Waals surface area contributed by atoms with Crippen molar-refractivity contribution in [2.24, 2.45) is 0 Å². The Labute approximate surface area is 110 Å². The summed E-state index contributed by atoms with van der Waals surface area (Å²) >= 11 is 0. The van der Waals surface area contributed by atoms with Crippen LogP contribution in [0.15, 0.2) is 48.7 Å². The lowest BCUT2D eigenvalue weighted by atomic mass is 10.2. The van der Waals surface area contributed by atoms with E-state index in [1.54, 1.807) is 30.3 Å². The molecule has 0 aliphatic rings. The summed E-state index contributed by atoms with van der Waals surface area (Å²) in [6.07, 6.45) is 3.13. The van der Waals surface area contributed by atoms with Crippen LogP contribution in [-0.2, 0) is 11.3 Å². The van der Waals surface area contributed by atoms with Crippen LogP contribution >= 0.6 is 0 Å². The molecule has 0 atom stereocenters. The van der Waals surface area contributed by atoms with Crippen LogP contribution in [0.1, 0.15) is 11.1 Å². The smallest absolute Gasteiger partial charge is 0.119 e. The molecule has 0 radical (unpaired) electrons. The van der Waals surface area contributed by atoms with Crippen molar-refractivity contribution in [3.05, 3.63) is 59.9 Å². The number of hydrogen-bond donors (Lipinski definition) is 3. The van der Waals surface area contributed by atoms with Crippen molar-refractivity contribution >= 4 is 6.08 Å². The molecule has 2 aromatic carbocycles. The summed E-state index contributed by atoms with van der Waals surface area (Å²) in [6.45, 7) is 0.377. The van der Waals surface area contributed by atoms with Gasteiger partial charge in [0, 0.05) is 6.07 Å². The van der Waals surface area contributed by atoms with Crippen LogP contribution in [0.25, 0.3) is 6.08 Å². The van der Waals surface area contributed by atoms with Crippen LogP contribution < -0.4 is 0 Å². The molecule has 0 amide bonds. The van der Waals surface area contributed by atoms with Gasteiger partial charge in [-0.1, -0.05) is 12.1 Å². The van der Waals surface area contributed by atoms with E-state index in [-0.39, 0.29) is 17.2 Å². The zero-order chi connectivity index (χ0) is 13.7. The van der Waals surface area contributed by atoms with Crippen LogP contribution in [0.4, 0.5) is 0 Å². The summed E-state index contributed by atoms with van der Waals surface area (Å²) in [5, 5.41) is 27.7. The van der Waals surface area contributed by atoms with Crippen molar-refractivity contribution in [3.8, 4) is 17.2 Å². The fourth-order valence-corrected chi connectivity index (χ4v) is 1.58. The molecule has 3 N–H and O–H groups in total. The Kier molecular flexibility index (Phi) is 3.93. The summed E-state index contributed by atoms with van der Waals surface area (Å²) < 4.78 is 5.32. The van der Waals surface area contributed by atoms with Crippen molar-refractivity contribution in [2.75, 3.05) is 0 Å². The first-order chi connectivity index (χ1) is 9.13. The van der Waals surface area contributed by atoms with Crippen LogP contribution in [0.2, 0.25) is 0 Å². The van der Waals surface area contributed by atoms with E-state index >= 15 is 0 Å². The quantitative estimate of drug-likeness (QED) is 0.737. The Morgan fingerprint density at radius 1 is 0.842 bits per heavy atom. The lowest BCUT2D eigenvalue weighted by Crippen LogP contribution is -1.85. The summed E-state index contributed by atoms with van der Waals surface area (Å²) in [4.78, 5) is 0. The fraction of sp³-hybridized carbons (Fsp3) is 0.0667. The van der Waals surface area contributed by atoms with Crippen LogP contribution in [0.5, 0.6) is 17.2 Å². The third-order valence-corrected chi connectivity index (χ3v) is 2.47. The molecule has 0 saturated heterocycles. The number of aromatic hydroxyl groups is 3. The predicted molar refractivity (Wildman–Crippen MR) is 71.7 cm³/mol.